The molecule has 128 valence electrons. The highest BCUT2D eigenvalue weighted by atomic mass is 19.1. The second-order valence-electron chi connectivity index (χ2n) is 5.90. The Morgan fingerprint density at radius 3 is 2.68 bits per heavy atom. The summed E-state index contributed by atoms with van der Waals surface area (Å²) in [5.41, 5.74) is 3.71. The molecule has 1 fully saturated rings. The second-order valence-corrected chi connectivity index (χ2v) is 5.90. The Morgan fingerprint density at radius 2 is 1.92 bits per heavy atom. The first-order chi connectivity index (χ1) is 12.1. The van der Waals surface area contributed by atoms with Crippen LogP contribution in [0.25, 0.3) is 0 Å². The molecule has 1 aliphatic heterocycles. The summed E-state index contributed by atoms with van der Waals surface area (Å²) in [6.07, 6.45) is 1.64. The lowest BCUT2D eigenvalue weighted by atomic mass is 9.99. The summed E-state index contributed by atoms with van der Waals surface area (Å²) in [7, 11) is 0. The highest BCUT2D eigenvalue weighted by Gasteiger charge is 2.31. The first-order valence-corrected chi connectivity index (χ1v) is 8.02. The first kappa shape index (κ1) is 16.8. The fourth-order valence-electron chi connectivity index (χ4n) is 2.84. The van der Waals surface area contributed by atoms with Crippen LogP contribution in [0.1, 0.15) is 23.5 Å². The van der Waals surface area contributed by atoms with Crippen LogP contribution in [0.3, 0.4) is 0 Å². The van der Waals surface area contributed by atoms with Gasteiger partial charge < -0.3 is 4.90 Å². The van der Waals surface area contributed by atoms with Crippen molar-refractivity contribution in [2.75, 3.05) is 13.1 Å². The lowest BCUT2D eigenvalue weighted by Crippen LogP contribution is -2.36. The molecule has 3 rings (SSSR count). The Hall–Kier alpha value is -3.02. The molecule has 0 bridgehead atoms. The van der Waals surface area contributed by atoms with Crippen LogP contribution in [0.15, 0.2) is 59.7 Å². The van der Waals surface area contributed by atoms with Gasteiger partial charge in [0.15, 0.2) is 0 Å². The molecule has 2 aromatic rings. The van der Waals surface area contributed by atoms with E-state index >= 15 is 0 Å². The molecule has 5 nitrogen and oxygen atoms in total. The van der Waals surface area contributed by atoms with Gasteiger partial charge in [0.05, 0.1) is 6.21 Å². The second kappa shape index (κ2) is 7.70. The maximum Gasteiger partial charge on any atom is 0.259 e. The molecule has 0 unspecified atom stereocenters. The van der Waals surface area contributed by atoms with Crippen molar-refractivity contribution in [2.45, 2.75) is 12.3 Å². The van der Waals surface area contributed by atoms with Crippen LogP contribution < -0.4 is 5.43 Å². The molecule has 1 aliphatic rings. The monoisotopic (exact) mass is 339 g/mol. The van der Waals surface area contributed by atoms with Crippen molar-refractivity contribution in [3.63, 3.8) is 0 Å². The number of carbonyl (C=O) groups is 2. The third-order valence-corrected chi connectivity index (χ3v) is 4.12. The molecule has 25 heavy (non-hydrogen) atoms. The molecule has 0 spiro atoms. The normalized spacial score (nSPS) is 17.2. The van der Waals surface area contributed by atoms with Crippen LogP contribution in [0.4, 0.5) is 4.39 Å². The lowest BCUT2D eigenvalue weighted by molar-refractivity contribution is -0.133. The predicted octanol–water partition coefficient (Wildman–Crippen LogP) is 2.29. The molecule has 1 saturated heterocycles. The number of amides is 2. The number of hydrogen-bond donors (Lipinski definition) is 1. The highest BCUT2D eigenvalue weighted by molar-refractivity contribution is 5.87. The van der Waals surface area contributed by atoms with Gasteiger partial charge in [0, 0.05) is 24.4 Å². The standard InChI is InChI=1S/C19H18FN3O2/c20-17-9-5-4-8-15(17)11-21-22-18(24)13-23-12-16(10-19(23)25)14-6-2-1-3-7-14/h1-9,11,16H,10,12-13H2,(H,22,24)/b21-11-/t16-/m0/s1. The summed E-state index contributed by atoms with van der Waals surface area (Å²) in [5.74, 6) is -0.777. The maximum atomic E-state index is 13.4. The molecule has 2 aromatic carbocycles. The Morgan fingerprint density at radius 1 is 1.20 bits per heavy atom. The third-order valence-electron chi connectivity index (χ3n) is 4.12. The smallest absolute Gasteiger partial charge is 0.259 e. The van der Waals surface area contributed by atoms with Crippen molar-refractivity contribution in [1.29, 1.82) is 0 Å². The van der Waals surface area contributed by atoms with Crippen molar-refractivity contribution in [1.82, 2.24) is 10.3 Å². The summed E-state index contributed by atoms with van der Waals surface area (Å²) in [4.78, 5) is 25.6. The Bertz CT molecular complexity index is 792. The van der Waals surface area contributed by atoms with Gasteiger partial charge in [-0.1, -0.05) is 48.5 Å². The Kier molecular flexibility index (Phi) is 5.18. The minimum Gasteiger partial charge on any atom is -0.333 e. The van der Waals surface area contributed by atoms with E-state index in [2.05, 4.69) is 10.5 Å². The number of halogens is 1. The van der Waals surface area contributed by atoms with Crippen LogP contribution in [-0.2, 0) is 9.59 Å². The van der Waals surface area contributed by atoms with Crippen molar-refractivity contribution < 1.29 is 14.0 Å². The number of hydrazone groups is 1. The third kappa shape index (κ3) is 4.29. The summed E-state index contributed by atoms with van der Waals surface area (Å²) in [6, 6.07) is 15.9. The topological polar surface area (TPSA) is 61.8 Å². The van der Waals surface area contributed by atoms with Crippen molar-refractivity contribution >= 4 is 18.0 Å². The van der Waals surface area contributed by atoms with Crippen LogP contribution in [0, 0.1) is 5.82 Å². The molecule has 1 heterocycles. The lowest BCUT2D eigenvalue weighted by Gasteiger charge is -2.15. The molecule has 0 aliphatic carbocycles. The molecule has 2 amide bonds. The van der Waals surface area contributed by atoms with Gasteiger partial charge in [-0.2, -0.15) is 5.10 Å². The van der Waals surface area contributed by atoms with Gasteiger partial charge in [0.2, 0.25) is 5.91 Å². The fourth-order valence-corrected chi connectivity index (χ4v) is 2.84. The fraction of sp³-hybridized carbons (Fsp3) is 0.211. The summed E-state index contributed by atoms with van der Waals surface area (Å²) < 4.78 is 13.4. The molecule has 1 atom stereocenters. The quantitative estimate of drug-likeness (QED) is 0.671. The average Bonchev–Trinajstić information content (AvgIpc) is 2.98. The first-order valence-electron chi connectivity index (χ1n) is 8.02. The summed E-state index contributed by atoms with van der Waals surface area (Å²) in [5, 5.41) is 3.74. The zero-order valence-electron chi connectivity index (χ0n) is 13.6. The molecule has 6 heteroatoms. The van der Waals surface area contributed by atoms with E-state index in [4.69, 9.17) is 0 Å². The minimum absolute atomic E-state index is 0.0536. The van der Waals surface area contributed by atoms with E-state index in [1.165, 1.54) is 17.2 Å². The van der Waals surface area contributed by atoms with E-state index in [1.54, 1.807) is 18.2 Å². The van der Waals surface area contributed by atoms with Gasteiger partial charge in [0.1, 0.15) is 12.4 Å². The van der Waals surface area contributed by atoms with Crippen LogP contribution >= 0.6 is 0 Å². The van der Waals surface area contributed by atoms with E-state index in [9.17, 15) is 14.0 Å². The average molecular weight is 339 g/mol. The molecular weight excluding hydrogens is 321 g/mol. The van der Waals surface area contributed by atoms with Crippen molar-refractivity contribution in [3.05, 3.63) is 71.5 Å². The van der Waals surface area contributed by atoms with Crippen LogP contribution in [0.5, 0.6) is 0 Å². The van der Waals surface area contributed by atoms with Gasteiger partial charge in [0.25, 0.3) is 5.91 Å². The number of benzene rings is 2. The number of nitrogens with zero attached hydrogens (tertiary/aromatic N) is 2. The number of rotatable bonds is 5. The van der Waals surface area contributed by atoms with Gasteiger partial charge in [-0.25, -0.2) is 9.82 Å². The highest BCUT2D eigenvalue weighted by Crippen LogP contribution is 2.27. The zero-order valence-corrected chi connectivity index (χ0v) is 13.6. The molecule has 0 radical (unpaired) electrons. The maximum absolute atomic E-state index is 13.4. The van der Waals surface area contributed by atoms with E-state index < -0.39 is 11.7 Å². The minimum atomic E-state index is -0.416. The van der Waals surface area contributed by atoms with E-state index in [1.807, 2.05) is 30.3 Å². The van der Waals surface area contributed by atoms with Crippen LogP contribution in [-0.4, -0.2) is 36.0 Å². The number of hydrogen-bond acceptors (Lipinski definition) is 3. The van der Waals surface area contributed by atoms with E-state index in [0.717, 1.165) is 5.56 Å². The Balaban J connectivity index is 1.53. The van der Waals surface area contributed by atoms with Crippen molar-refractivity contribution in [2.24, 2.45) is 5.10 Å². The molecule has 1 N–H and O–H groups in total. The van der Waals surface area contributed by atoms with Gasteiger partial charge in [-0.3, -0.25) is 9.59 Å². The van der Waals surface area contributed by atoms with E-state index in [-0.39, 0.29) is 23.9 Å². The molecular formula is C19H18FN3O2. The van der Waals surface area contributed by atoms with Gasteiger partial charge in [-0.15, -0.1) is 0 Å². The Labute approximate surface area is 145 Å². The largest absolute Gasteiger partial charge is 0.333 e. The SMILES string of the molecule is O=C(CN1C[C@@H](c2ccccc2)CC1=O)N/N=C\c1ccccc1F. The van der Waals surface area contributed by atoms with Gasteiger partial charge >= 0.3 is 0 Å². The molecule has 0 saturated carbocycles. The summed E-state index contributed by atoms with van der Waals surface area (Å²) >= 11 is 0. The van der Waals surface area contributed by atoms with E-state index in [0.29, 0.717) is 13.0 Å². The number of likely N-dealkylation sites (tertiary alicyclic amines) is 1. The van der Waals surface area contributed by atoms with Crippen LogP contribution in [0.2, 0.25) is 0 Å². The van der Waals surface area contributed by atoms with Gasteiger partial charge in [-0.05, 0) is 11.6 Å². The number of nitrogens with one attached hydrogen (secondary N) is 1. The summed E-state index contributed by atoms with van der Waals surface area (Å²) in [6.45, 7) is 0.448. The van der Waals surface area contributed by atoms with Crippen molar-refractivity contribution in [3.8, 4) is 0 Å². The predicted molar refractivity (Wildman–Crippen MR) is 92.5 cm³/mol. The molecule has 0 aromatic heterocycles. The zero-order chi connectivity index (χ0) is 17.6. The number of carbonyl (C=O) groups excluding carboxylic acids is 2.